The van der Waals surface area contributed by atoms with E-state index in [0.29, 0.717) is 11.1 Å². The summed E-state index contributed by atoms with van der Waals surface area (Å²) in [7, 11) is 0. The fourth-order valence-corrected chi connectivity index (χ4v) is 5.26. The minimum Gasteiger partial charge on any atom is -0.384 e. The Bertz CT molecular complexity index is 1800. The zero-order valence-corrected chi connectivity index (χ0v) is 21.9. The van der Waals surface area contributed by atoms with Gasteiger partial charge in [0.15, 0.2) is 0 Å². The van der Waals surface area contributed by atoms with Gasteiger partial charge in [0.25, 0.3) is 0 Å². The van der Waals surface area contributed by atoms with Crippen LogP contribution in [-0.4, -0.2) is 11.7 Å². The molecule has 0 aliphatic carbocycles. The minimum atomic E-state index is 0.0492. The number of fused-ring (bicyclic) bond motifs is 2. The van der Waals surface area contributed by atoms with E-state index in [1.165, 1.54) is 0 Å². The first-order chi connectivity index (χ1) is 19.5. The van der Waals surface area contributed by atoms with Crippen LogP contribution in [-0.2, 0) is 0 Å². The van der Waals surface area contributed by atoms with E-state index in [1.54, 1.807) is 0 Å². The summed E-state index contributed by atoms with van der Waals surface area (Å²) >= 11 is 0. The van der Waals surface area contributed by atoms with Crippen molar-refractivity contribution < 1.29 is 0 Å². The molecule has 192 valence electrons. The Kier molecular flexibility index (Phi) is 6.43. The molecule has 0 radical (unpaired) electrons. The first-order valence-corrected chi connectivity index (χ1v) is 13.1. The second-order valence-corrected chi connectivity index (χ2v) is 9.86. The number of nitrogens with two attached hydrogens (primary N) is 2. The van der Waals surface area contributed by atoms with Crippen molar-refractivity contribution in [2.75, 3.05) is 0 Å². The Hall–Kier alpha value is -5.48. The first kappa shape index (κ1) is 24.8. The molecule has 4 heteroatoms. The van der Waals surface area contributed by atoms with Gasteiger partial charge in [-0.3, -0.25) is 10.8 Å². The maximum Gasteiger partial charge on any atom is 0.122 e. The summed E-state index contributed by atoms with van der Waals surface area (Å²) in [5, 5.41) is 20.1. The summed E-state index contributed by atoms with van der Waals surface area (Å²) in [6.45, 7) is 0. The van der Waals surface area contributed by atoms with Crippen molar-refractivity contribution in [3.05, 3.63) is 167 Å². The van der Waals surface area contributed by atoms with E-state index in [9.17, 15) is 0 Å². The van der Waals surface area contributed by atoms with E-state index < -0.39 is 0 Å². The predicted octanol–water partition coefficient (Wildman–Crippen LogP) is 7.57. The third-order valence-corrected chi connectivity index (χ3v) is 7.25. The van der Waals surface area contributed by atoms with Crippen LogP contribution in [0.3, 0.4) is 0 Å². The SMILES string of the molecule is N=C(N)c1ccc2ccc(C(=C(c3ccccc3)c3ccccc3)c3ccc4ccc(C(=N)N)cc4c3)cc2c1. The molecule has 0 saturated carbocycles. The summed E-state index contributed by atoms with van der Waals surface area (Å²) in [5.41, 5.74) is 19.6. The molecule has 0 unspecified atom stereocenters. The zero-order chi connectivity index (χ0) is 27.6. The highest BCUT2D eigenvalue weighted by Gasteiger charge is 2.17. The van der Waals surface area contributed by atoms with E-state index in [4.69, 9.17) is 22.3 Å². The van der Waals surface area contributed by atoms with Gasteiger partial charge in [-0.05, 0) is 79.2 Å². The van der Waals surface area contributed by atoms with Crippen LogP contribution in [0.1, 0.15) is 33.4 Å². The Morgan fingerprint density at radius 1 is 0.350 bits per heavy atom. The van der Waals surface area contributed by atoms with Gasteiger partial charge in [0.1, 0.15) is 11.7 Å². The number of hydrogen-bond donors (Lipinski definition) is 4. The highest BCUT2D eigenvalue weighted by Crippen LogP contribution is 2.38. The largest absolute Gasteiger partial charge is 0.384 e. The molecule has 6 rings (SSSR count). The van der Waals surface area contributed by atoms with Crippen molar-refractivity contribution in [3.8, 4) is 0 Å². The molecule has 0 spiro atoms. The molecule has 6 aromatic carbocycles. The lowest BCUT2D eigenvalue weighted by Crippen LogP contribution is -2.10. The first-order valence-electron chi connectivity index (χ1n) is 13.1. The highest BCUT2D eigenvalue weighted by molar-refractivity contribution is 6.08. The van der Waals surface area contributed by atoms with Crippen LogP contribution in [0.4, 0.5) is 0 Å². The second kappa shape index (κ2) is 10.4. The standard InChI is InChI=1S/C36H28N4/c37-35(38)29-17-13-23-11-15-27(19-31(23)21-29)34(28-16-12-24-14-18-30(36(39)40)22-32(24)20-28)33(25-7-3-1-4-8-25)26-9-5-2-6-10-26/h1-22H,(H3,37,38)(H3,39,40). The van der Waals surface area contributed by atoms with Crippen molar-refractivity contribution in [3.63, 3.8) is 0 Å². The van der Waals surface area contributed by atoms with Gasteiger partial charge < -0.3 is 11.5 Å². The van der Waals surface area contributed by atoms with E-state index >= 15 is 0 Å². The summed E-state index contributed by atoms with van der Waals surface area (Å²) in [6.07, 6.45) is 0. The van der Waals surface area contributed by atoms with Crippen molar-refractivity contribution in [2.45, 2.75) is 0 Å². The van der Waals surface area contributed by atoms with Crippen LogP contribution in [0.5, 0.6) is 0 Å². The van der Waals surface area contributed by atoms with Crippen LogP contribution < -0.4 is 11.5 Å². The molecule has 6 N–H and O–H groups in total. The molecule has 0 amide bonds. The van der Waals surface area contributed by atoms with Crippen molar-refractivity contribution in [2.24, 2.45) is 11.5 Å². The van der Waals surface area contributed by atoms with Gasteiger partial charge in [0.05, 0.1) is 0 Å². The second-order valence-electron chi connectivity index (χ2n) is 9.86. The van der Waals surface area contributed by atoms with Gasteiger partial charge in [0, 0.05) is 11.1 Å². The van der Waals surface area contributed by atoms with E-state index in [2.05, 4.69) is 84.9 Å². The monoisotopic (exact) mass is 516 g/mol. The Balaban J connectivity index is 1.70. The predicted molar refractivity (Wildman–Crippen MR) is 168 cm³/mol. The van der Waals surface area contributed by atoms with Gasteiger partial charge in [0.2, 0.25) is 0 Å². The molecule has 0 aliphatic rings. The molecule has 0 fully saturated rings. The Morgan fingerprint density at radius 2 is 0.675 bits per heavy atom. The van der Waals surface area contributed by atoms with E-state index in [-0.39, 0.29) is 11.7 Å². The topological polar surface area (TPSA) is 99.7 Å². The van der Waals surface area contributed by atoms with Crippen LogP contribution >= 0.6 is 0 Å². The molecule has 0 saturated heterocycles. The Morgan fingerprint density at radius 3 is 1.05 bits per heavy atom. The third-order valence-electron chi connectivity index (χ3n) is 7.25. The number of hydrogen-bond acceptors (Lipinski definition) is 2. The summed E-state index contributed by atoms with van der Waals surface area (Å²) in [5.74, 6) is 0.0984. The minimum absolute atomic E-state index is 0.0492. The van der Waals surface area contributed by atoms with Gasteiger partial charge >= 0.3 is 0 Å². The fourth-order valence-electron chi connectivity index (χ4n) is 5.26. The van der Waals surface area contributed by atoms with Gasteiger partial charge in [-0.25, -0.2) is 0 Å². The molecular weight excluding hydrogens is 488 g/mol. The molecule has 0 aliphatic heterocycles. The number of benzene rings is 6. The molecule has 0 bridgehead atoms. The zero-order valence-electron chi connectivity index (χ0n) is 21.9. The van der Waals surface area contributed by atoms with E-state index in [0.717, 1.165) is 54.9 Å². The molecule has 6 aromatic rings. The number of nitrogens with one attached hydrogen (secondary N) is 2. The number of rotatable bonds is 6. The van der Waals surface area contributed by atoms with Gasteiger partial charge in [-0.1, -0.05) is 109 Å². The normalized spacial score (nSPS) is 10.9. The maximum atomic E-state index is 7.94. The average Bonchev–Trinajstić information content (AvgIpc) is 2.99. The van der Waals surface area contributed by atoms with Gasteiger partial charge in [-0.15, -0.1) is 0 Å². The molecule has 0 aromatic heterocycles. The van der Waals surface area contributed by atoms with Crippen molar-refractivity contribution >= 4 is 44.4 Å². The lowest BCUT2D eigenvalue weighted by molar-refractivity contribution is 1.43. The number of nitrogen functional groups attached to an aromatic ring is 2. The fraction of sp³-hybridized carbons (Fsp3) is 0. The third kappa shape index (κ3) is 4.74. The van der Waals surface area contributed by atoms with Crippen LogP contribution in [0, 0.1) is 10.8 Å². The van der Waals surface area contributed by atoms with Crippen LogP contribution in [0.15, 0.2) is 133 Å². The molecule has 4 nitrogen and oxygen atoms in total. The number of amidine groups is 2. The van der Waals surface area contributed by atoms with Crippen LogP contribution in [0.25, 0.3) is 32.7 Å². The van der Waals surface area contributed by atoms with Gasteiger partial charge in [-0.2, -0.15) is 0 Å². The molecule has 0 atom stereocenters. The lowest BCUT2D eigenvalue weighted by atomic mass is 9.84. The average molecular weight is 517 g/mol. The van der Waals surface area contributed by atoms with Crippen LogP contribution in [0.2, 0.25) is 0 Å². The van der Waals surface area contributed by atoms with Crippen molar-refractivity contribution in [1.29, 1.82) is 10.8 Å². The lowest BCUT2D eigenvalue weighted by Gasteiger charge is -2.19. The summed E-state index contributed by atoms with van der Waals surface area (Å²) in [4.78, 5) is 0. The molecule has 0 heterocycles. The van der Waals surface area contributed by atoms with Crippen molar-refractivity contribution in [1.82, 2.24) is 0 Å². The molecule has 40 heavy (non-hydrogen) atoms. The smallest absolute Gasteiger partial charge is 0.122 e. The Labute approximate surface area is 233 Å². The molecular formula is C36H28N4. The highest BCUT2D eigenvalue weighted by atomic mass is 14.7. The quantitative estimate of drug-likeness (QED) is 0.104. The summed E-state index contributed by atoms with van der Waals surface area (Å²) < 4.78 is 0. The maximum absolute atomic E-state index is 7.94. The van der Waals surface area contributed by atoms with E-state index in [1.807, 2.05) is 48.5 Å². The summed E-state index contributed by atoms with van der Waals surface area (Å²) in [6, 6.07) is 45.6.